The third-order valence-corrected chi connectivity index (χ3v) is 5.32. The highest BCUT2D eigenvalue weighted by Gasteiger charge is 2.29. The zero-order valence-corrected chi connectivity index (χ0v) is 16.8. The summed E-state index contributed by atoms with van der Waals surface area (Å²) in [6.45, 7) is 2.06. The molecule has 1 heterocycles. The van der Waals surface area contributed by atoms with E-state index in [0.29, 0.717) is 13.1 Å². The van der Waals surface area contributed by atoms with Gasteiger partial charge in [-0.2, -0.15) is 0 Å². The second kappa shape index (κ2) is 10.1. The number of methoxy groups -OCH3 is 2. The second-order valence-electron chi connectivity index (χ2n) is 7.18. The Balaban J connectivity index is 1.51. The van der Waals surface area contributed by atoms with Gasteiger partial charge in [0.15, 0.2) is 0 Å². The summed E-state index contributed by atoms with van der Waals surface area (Å²) in [5.74, 6) is 1.69. The van der Waals surface area contributed by atoms with Crippen molar-refractivity contribution < 1.29 is 14.3 Å². The molecule has 0 saturated carbocycles. The molecule has 0 aliphatic carbocycles. The Labute approximate surface area is 167 Å². The molecule has 1 amide bonds. The first-order valence-corrected chi connectivity index (χ1v) is 9.98. The monoisotopic (exact) mass is 382 g/mol. The van der Waals surface area contributed by atoms with Crippen molar-refractivity contribution in [1.82, 2.24) is 10.2 Å². The molecule has 1 aliphatic heterocycles. The number of carbonyl (C=O) groups excluding carboxylic acids is 1. The molecule has 3 rings (SSSR count). The van der Waals surface area contributed by atoms with Gasteiger partial charge in [-0.15, -0.1) is 0 Å². The van der Waals surface area contributed by atoms with Gasteiger partial charge >= 0.3 is 0 Å². The standard InChI is InChI=1S/C23H30N2O3/c1-27-19-12-13-20(22(16-19)28-2)21-11-7-15-25(21)17-23(26)24-14-6-10-18-8-4-3-5-9-18/h3-5,8-9,12-13,16,21H,6-7,10-11,14-15,17H2,1-2H3,(H,24,26)/t21-/m0/s1. The van der Waals surface area contributed by atoms with Crippen LogP contribution in [0.25, 0.3) is 0 Å². The van der Waals surface area contributed by atoms with E-state index in [1.165, 1.54) is 5.56 Å². The largest absolute Gasteiger partial charge is 0.497 e. The van der Waals surface area contributed by atoms with Crippen LogP contribution < -0.4 is 14.8 Å². The van der Waals surface area contributed by atoms with Crippen molar-refractivity contribution >= 4 is 5.91 Å². The number of hydrogen-bond donors (Lipinski definition) is 1. The number of nitrogens with one attached hydrogen (secondary N) is 1. The first kappa shape index (κ1) is 20.2. The molecule has 1 saturated heterocycles. The van der Waals surface area contributed by atoms with Gasteiger partial charge in [0.2, 0.25) is 5.91 Å². The molecule has 0 unspecified atom stereocenters. The van der Waals surface area contributed by atoms with Crippen LogP contribution in [0, 0.1) is 0 Å². The van der Waals surface area contributed by atoms with Crippen molar-refractivity contribution in [1.29, 1.82) is 0 Å². The molecule has 5 nitrogen and oxygen atoms in total. The lowest BCUT2D eigenvalue weighted by Gasteiger charge is -2.25. The van der Waals surface area contributed by atoms with Crippen molar-refractivity contribution in [3.8, 4) is 11.5 Å². The van der Waals surface area contributed by atoms with E-state index in [0.717, 1.165) is 49.3 Å². The number of rotatable bonds is 9. The third kappa shape index (κ3) is 5.26. The number of carbonyl (C=O) groups is 1. The average molecular weight is 383 g/mol. The Morgan fingerprint density at radius 3 is 2.71 bits per heavy atom. The summed E-state index contributed by atoms with van der Waals surface area (Å²) >= 11 is 0. The van der Waals surface area contributed by atoms with Crippen molar-refractivity contribution in [2.45, 2.75) is 31.7 Å². The molecule has 0 spiro atoms. The van der Waals surface area contributed by atoms with E-state index in [1.54, 1.807) is 14.2 Å². The van der Waals surface area contributed by atoms with Crippen LogP contribution in [0.2, 0.25) is 0 Å². The molecular formula is C23H30N2O3. The lowest BCUT2D eigenvalue weighted by molar-refractivity contribution is -0.122. The molecule has 1 N–H and O–H groups in total. The fourth-order valence-electron chi connectivity index (χ4n) is 3.87. The Hall–Kier alpha value is -2.53. The van der Waals surface area contributed by atoms with E-state index in [4.69, 9.17) is 9.47 Å². The maximum absolute atomic E-state index is 12.4. The summed E-state index contributed by atoms with van der Waals surface area (Å²) in [5.41, 5.74) is 2.43. The van der Waals surface area contributed by atoms with Gasteiger partial charge in [0.05, 0.1) is 20.8 Å². The second-order valence-corrected chi connectivity index (χ2v) is 7.18. The van der Waals surface area contributed by atoms with Gasteiger partial charge < -0.3 is 14.8 Å². The van der Waals surface area contributed by atoms with Crippen LogP contribution in [0.15, 0.2) is 48.5 Å². The van der Waals surface area contributed by atoms with Crippen LogP contribution in [0.1, 0.15) is 36.4 Å². The van der Waals surface area contributed by atoms with Crippen LogP contribution in [0.5, 0.6) is 11.5 Å². The molecule has 1 aliphatic rings. The molecule has 0 aromatic heterocycles. The topological polar surface area (TPSA) is 50.8 Å². The molecule has 1 atom stereocenters. The first-order chi connectivity index (χ1) is 13.7. The van der Waals surface area contributed by atoms with Gasteiger partial charge in [0, 0.05) is 24.2 Å². The first-order valence-electron chi connectivity index (χ1n) is 9.98. The molecule has 2 aromatic rings. The van der Waals surface area contributed by atoms with Crippen LogP contribution >= 0.6 is 0 Å². The Morgan fingerprint density at radius 2 is 1.96 bits per heavy atom. The van der Waals surface area contributed by atoms with E-state index in [-0.39, 0.29) is 11.9 Å². The molecule has 5 heteroatoms. The quantitative estimate of drug-likeness (QED) is 0.674. The van der Waals surface area contributed by atoms with Crippen molar-refractivity contribution in [3.05, 3.63) is 59.7 Å². The number of amides is 1. The number of likely N-dealkylation sites (tertiary alicyclic amines) is 1. The van der Waals surface area contributed by atoms with E-state index in [2.05, 4.69) is 40.5 Å². The molecule has 2 aromatic carbocycles. The zero-order chi connectivity index (χ0) is 19.8. The van der Waals surface area contributed by atoms with E-state index >= 15 is 0 Å². The molecule has 0 bridgehead atoms. The molecule has 1 fully saturated rings. The van der Waals surface area contributed by atoms with E-state index in [1.807, 2.05) is 18.2 Å². The van der Waals surface area contributed by atoms with Crippen LogP contribution in [0.4, 0.5) is 0 Å². The van der Waals surface area contributed by atoms with Gasteiger partial charge in [-0.1, -0.05) is 36.4 Å². The van der Waals surface area contributed by atoms with Crippen molar-refractivity contribution in [2.24, 2.45) is 0 Å². The minimum absolute atomic E-state index is 0.0902. The number of nitrogens with zero attached hydrogens (tertiary/aromatic N) is 1. The molecular weight excluding hydrogens is 352 g/mol. The number of benzene rings is 2. The maximum atomic E-state index is 12.4. The molecule has 28 heavy (non-hydrogen) atoms. The van der Waals surface area contributed by atoms with Gasteiger partial charge in [-0.05, 0) is 43.9 Å². The predicted octanol–water partition coefficient (Wildman–Crippen LogP) is 3.59. The lowest BCUT2D eigenvalue weighted by Crippen LogP contribution is -2.37. The SMILES string of the molecule is COc1ccc([C@@H]2CCCN2CC(=O)NCCCc2ccccc2)c(OC)c1. The summed E-state index contributed by atoms with van der Waals surface area (Å²) in [6.07, 6.45) is 4.05. The van der Waals surface area contributed by atoms with Gasteiger partial charge in [-0.25, -0.2) is 0 Å². The Bertz CT molecular complexity index is 764. The highest BCUT2D eigenvalue weighted by Crippen LogP contribution is 2.38. The van der Waals surface area contributed by atoms with Crippen molar-refractivity contribution in [2.75, 3.05) is 33.9 Å². The third-order valence-electron chi connectivity index (χ3n) is 5.32. The zero-order valence-electron chi connectivity index (χ0n) is 16.8. The number of ether oxygens (including phenoxy) is 2. The summed E-state index contributed by atoms with van der Waals surface area (Å²) in [4.78, 5) is 14.7. The Morgan fingerprint density at radius 1 is 1.14 bits per heavy atom. The minimum atomic E-state index is 0.0902. The van der Waals surface area contributed by atoms with Gasteiger partial charge in [0.25, 0.3) is 0 Å². The Kier molecular flexibility index (Phi) is 7.31. The summed E-state index contributed by atoms with van der Waals surface area (Å²) in [6, 6.07) is 16.5. The van der Waals surface area contributed by atoms with Gasteiger partial charge in [0.1, 0.15) is 11.5 Å². The highest BCUT2D eigenvalue weighted by molar-refractivity contribution is 5.78. The molecule has 150 valence electrons. The smallest absolute Gasteiger partial charge is 0.234 e. The van der Waals surface area contributed by atoms with E-state index in [9.17, 15) is 4.79 Å². The average Bonchev–Trinajstić information content (AvgIpc) is 3.19. The fourth-order valence-corrected chi connectivity index (χ4v) is 3.87. The highest BCUT2D eigenvalue weighted by atomic mass is 16.5. The normalized spacial score (nSPS) is 16.7. The summed E-state index contributed by atoms with van der Waals surface area (Å²) in [5, 5.41) is 3.07. The predicted molar refractivity (Wildman–Crippen MR) is 111 cm³/mol. The van der Waals surface area contributed by atoms with E-state index < -0.39 is 0 Å². The fraction of sp³-hybridized carbons (Fsp3) is 0.435. The van der Waals surface area contributed by atoms with Crippen LogP contribution in [-0.4, -0.2) is 44.7 Å². The van der Waals surface area contributed by atoms with Crippen LogP contribution in [-0.2, 0) is 11.2 Å². The lowest BCUT2D eigenvalue weighted by atomic mass is 10.0. The minimum Gasteiger partial charge on any atom is -0.497 e. The number of aryl methyl sites for hydroxylation is 1. The van der Waals surface area contributed by atoms with Crippen LogP contribution in [0.3, 0.4) is 0 Å². The van der Waals surface area contributed by atoms with Gasteiger partial charge in [-0.3, -0.25) is 9.69 Å². The van der Waals surface area contributed by atoms with Crippen molar-refractivity contribution in [3.63, 3.8) is 0 Å². The maximum Gasteiger partial charge on any atom is 0.234 e. The summed E-state index contributed by atoms with van der Waals surface area (Å²) < 4.78 is 10.9. The summed E-state index contributed by atoms with van der Waals surface area (Å²) in [7, 11) is 3.33. The molecule has 0 radical (unpaired) electrons. The number of hydrogen-bond acceptors (Lipinski definition) is 4.